The zero-order valence-electron chi connectivity index (χ0n) is 6.72. The van der Waals surface area contributed by atoms with E-state index < -0.39 is 12.7 Å². The van der Waals surface area contributed by atoms with Gasteiger partial charge in [0.15, 0.2) is 0 Å². The van der Waals surface area contributed by atoms with Gasteiger partial charge >= 0.3 is 0 Å². The summed E-state index contributed by atoms with van der Waals surface area (Å²) >= 11 is 0. The molecule has 2 atom stereocenters. The van der Waals surface area contributed by atoms with Crippen LogP contribution in [-0.2, 0) is 4.79 Å². The number of rotatable bonds is 5. The fraction of sp³-hybridized carbons (Fsp3) is 0.857. The van der Waals surface area contributed by atoms with Crippen LogP contribution in [0.2, 0.25) is 0 Å². The van der Waals surface area contributed by atoms with Gasteiger partial charge in [0.05, 0.1) is 0 Å². The third-order valence-electron chi connectivity index (χ3n) is 1.24. The Balaban J connectivity index is 3.52. The van der Waals surface area contributed by atoms with Crippen molar-refractivity contribution in [2.24, 2.45) is 11.5 Å². The average molecular weight is 162 g/mol. The Hall–Kier alpha value is -0.480. The lowest BCUT2D eigenvalue weighted by Crippen LogP contribution is -2.28. The average Bonchev–Trinajstić information content (AvgIpc) is 1.85. The van der Waals surface area contributed by atoms with Crippen LogP contribution in [0.1, 0.15) is 19.8 Å². The molecule has 0 aliphatic carbocycles. The molecule has 0 aromatic carbocycles. The van der Waals surface area contributed by atoms with Gasteiger partial charge < -0.3 is 11.5 Å². The summed E-state index contributed by atoms with van der Waals surface area (Å²) in [4.78, 5) is 10.9. The molecule has 0 bridgehead atoms. The number of ketones is 1. The molecule has 66 valence electrons. The van der Waals surface area contributed by atoms with E-state index in [0.717, 1.165) is 0 Å². The SMILES string of the molecule is CC(N)CC(=O)CC(N)CF. The molecule has 0 fully saturated rings. The Kier molecular flexibility index (Phi) is 4.98. The topological polar surface area (TPSA) is 69.1 Å². The maximum absolute atomic E-state index is 11.8. The van der Waals surface area contributed by atoms with E-state index in [1.54, 1.807) is 6.92 Å². The smallest absolute Gasteiger partial charge is 0.136 e. The highest BCUT2D eigenvalue weighted by molar-refractivity contribution is 5.79. The van der Waals surface area contributed by atoms with Gasteiger partial charge in [-0.2, -0.15) is 0 Å². The van der Waals surface area contributed by atoms with Gasteiger partial charge in [-0.05, 0) is 6.92 Å². The van der Waals surface area contributed by atoms with Crippen molar-refractivity contribution in [3.63, 3.8) is 0 Å². The Morgan fingerprint density at radius 2 is 2.00 bits per heavy atom. The normalized spacial score (nSPS) is 16.0. The molecule has 0 aliphatic rings. The highest BCUT2D eigenvalue weighted by atomic mass is 19.1. The third-order valence-corrected chi connectivity index (χ3v) is 1.24. The molecular weight excluding hydrogens is 147 g/mol. The molecular formula is C7H15FN2O. The van der Waals surface area contributed by atoms with Crippen molar-refractivity contribution in [1.29, 1.82) is 0 Å². The van der Waals surface area contributed by atoms with E-state index in [9.17, 15) is 9.18 Å². The molecule has 0 rings (SSSR count). The van der Waals surface area contributed by atoms with Crippen molar-refractivity contribution >= 4 is 5.78 Å². The molecule has 0 aliphatic heterocycles. The van der Waals surface area contributed by atoms with Crippen LogP contribution in [0, 0.1) is 0 Å². The van der Waals surface area contributed by atoms with Crippen LogP contribution in [-0.4, -0.2) is 24.5 Å². The van der Waals surface area contributed by atoms with E-state index in [0.29, 0.717) is 0 Å². The molecule has 0 spiro atoms. The zero-order valence-corrected chi connectivity index (χ0v) is 6.72. The lowest BCUT2D eigenvalue weighted by atomic mass is 10.1. The summed E-state index contributed by atoms with van der Waals surface area (Å²) < 4.78 is 11.8. The lowest BCUT2D eigenvalue weighted by Gasteiger charge is -2.07. The largest absolute Gasteiger partial charge is 0.328 e. The summed E-state index contributed by atoms with van der Waals surface area (Å²) in [6, 6.07) is -0.810. The van der Waals surface area contributed by atoms with Gasteiger partial charge in [-0.1, -0.05) is 0 Å². The first-order chi connectivity index (χ1) is 5.06. The van der Waals surface area contributed by atoms with Crippen LogP contribution in [0.5, 0.6) is 0 Å². The van der Waals surface area contributed by atoms with Crippen molar-refractivity contribution in [1.82, 2.24) is 0 Å². The van der Waals surface area contributed by atoms with E-state index >= 15 is 0 Å². The van der Waals surface area contributed by atoms with Crippen molar-refractivity contribution in [2.45, 2.75) is 31.8 Å². The quantitative estimate of drug-likeness (QED) is 0.597. The molecule has 0 amide bonds. The van der Waals surface area contributed by atoms with Gasteiger partial charge in [0.1, 0.15) is 12.5 Å². The van der Waals surface area contributed by atoms with Gasteiger partial charge in [-0.25, -0.2) is 4.39 Å². The van der Waals surface area contributed by atoms with E-state index in [-0.39, 0.29) is 24.7 Å². The van der Waals surface area contributed by atoms with E-state index in [1.807, 2.05) is 0 Å². The predicted octanol–water partition coefficient (Wildman–Crippen LogP) is -0.0203. The minimum absolute atomic E-state index is 0.0647. The monoisotopic (exact) mass is 162 g/mol. The number of Topliss-reactive ketones (excluding diaryl/α,β-unsaturated/α-hetero) is 1. The Morgan fingerprint density at radius 3 is 2.36 bits per heavy atom. The first-order valence-electron chi connectivity index (χ1n) is 3.65. The summed E-state index contributed by atoms with van der Waals surface area (Å²) in [5, 5.41) is 0. The summed E-state index contributed by atoms with van der Waals surface area (Å²) in [6.45, 7) is 1.09. The highest BCUT2D eigenvalue weighted by Gasteiger charge is 2.10. The van der Waals surface area contributed by atoms with Crippen LogP contribution in [0.15, 0.2) is 0 Å². The van der Waals surface area contributed by atoms with Crippen molar-refractivity contribution in [3.8, 4) is 0 Å². The van der Waals surface area contributed by atoms with Gasteiger partial charge in [0.25, 0.3) is 0 Å². The second kappa shape index (κ2) is 5.21. The first kappa shape index (κ1) is 10.5. The van der Waals surface area contributed by atoms with Crippen molar-refractivity contribution in [3.05, 3.63) is 0 Å². The number of carbonyl (C=O) groups is 1. The van der Waals surface area contributed by atoms with Gasteiger partial charge in [-0.3, -0.25) is 4.79 Å². The fourth-order valence-corrected chi connectivity index (χ4v) is 0.789. The molecule has 0 radical (unpaired) electrons. The van der Waals surface area contributed by atoms with Gasteiger partial charge in [-0.15, -0.1) is 0 Å². The van der Waals surface area contributed by atoms with Crippen molar-refractivity contribution in [2.75, 3.05) is 6.67 Å². The molecule has 0 aromatic heterocycles. The zero-order chi connectivity index (χ0) is 8.85. The maximum atomic E-state index is 11.8. The second-order valence-corrected chi connectivity index (χ2v) is 2.84. The van der Waals surface area contributed by atoms with E-state index in [2.05, 4.69) is 0 Å². The maximum Gasteiger partial charge on any atom is 0.136 e. The predicted molar refractivity (Wildman–Crippen MR) is 41.8 cm³/mol. The van der Waals surface area contributed by atoms with E-state index in [1.165, 1.54) is 0 Å². The highest BCUT2D eigenvalue weighted by Crippen LogP contribution is 1.97. The first-order valence-corrected chi connectivity index (χ1v) is 3.65. The molecule has 0 saturated carbocycles. The summed E-state index contributed by atoms with van der Waals surface area (Å²) in [7, 11) is 0. The standard InChI is InChI=1S/C7H15FN2O/c1-5(9)2-7(11)3-6(10)4-8/h5-6H,2-4,9-10H2,1H3. The van der Waals surface area contributed by atoms with Crippen molar-refractivity contribution < 1.29 is 9.18 Å². The van der Waals surface area contributed by atoms with Crippen LogP contribution >= 0.6 is 0 Å². The number of hydrogen-bond donors (Lipinski definition) is 2. The molecule has 2 unspecified atom stereocenters. The number of halogens is 1. The van der Waals surface area contributed by atoms with Gasteiger partial charge in [0, 0.05) is 24.9 Å². The Bertz CT molecular complexity index is 128. The molecule has 4 heteroatoms. The van der Waals surface area contributed by atoms with Crippen LogP contribution in [0.4, 0.5) is 4.39 Å². The molecule has 3 nitrogen and oxygen atoms in total. The summed E-state index contributed by atoms with van der Waals surface area (Å²) in [5.41, 5.74) is 10.6. The number of nitrogens with two attached hydrogens (primary N) is 2. The van der Waals surface area contributed by atoms with Gasteiger partial charge in [0.2, 0.25) is 0 Å². The Morgan fingerprint density at radius 1 is 1.45 bits per heavy atom. The summed E-state index contributed by atoms with van der Waals surface area (Å²) in [6.07, 6.45) is 0.381. The number of carbonyl (C=O) groups excluding carboxylic acids is 1. The fourth-order valence-electron chi connectivity index (χ4n) is 0.789. The number of hydrogen-bond acceptors (Lipinski definition) is 3. The summed E-state index contributed by atoms with van der Waals surface area (Å²) in [5.74, 6) is -0.0647. The molecule has 11 heavy (non-hydrogen) atoms. The van der Waals surface area contributed by atoms with Crippen LogP contribution < -0.4 is 11.5 Å². The minimum Gasteiger partial charge on any atom is -0.328 e. The molecule has 0 saturated heterocycles. The number of alkyl halides is 1. The second-order valence-electron chi connectivity index (χ2n) is 2.84. The Labute approximate surface area is 65.9 Å². The van der Waals surface area contributed by atoms with Crippen LogP contribution in [0.25, 0.3) is 0 Å². The van der Waals surface area contributed by atoms with Crippen LogP contribution in [0.3, 0.4) is 0 Å². The molecule has 0 heterocycles. The molecule has 4 N–H and O–H groups in total. The molecule has 0 aromatic rings. The lowest BCUT2D eigenvalue weighted by molar-refractivity contribution is -0.119. The minimum atomic E-state index is -0.652. The third kappa shape index (κ3) is 5.94. The van der Waals surface area contributed by atoms with E-state index in [4.69, 9.17) is 11.5 Å².